The predicted molar refractivity (Wildman–Crippen MR) is 110 cm³/mol. The molecular formula is C19H17BrN4O4. The van der Waals surface area contributed by atoms with Crippen LogP contribution in [0.5, 0.6) is 5.75 Å². The number of phenolic OH excluding ortho intramolecular Hbond substituents is 1. The lowest BCUT2D eigenvalue weighted by Crippen LogP contribution is -2.23. The second kappa shape index (κ2) is 7.89. The number of benzene rings is 2. The summed E-state index contributed by atoms with van der Waals surface area (Å²) in [6.07, 6.45) is 1.97. The molecule has 1 atom stereocenters. The number of para-hydroxylation sites is 1. The lowest BCUT2D eigenvalue weighted by Gasteiger charge is -2.14. The monoisotopic (exact) mass is 444 g/mol. The molecule has 0 aliphatic rings. The Bertz CT molecular complexity index is 1160. The summed E-state index contributed by atoms with van der Waals surface area (Å²) in [4.78, 5) is 27.9. The first-order valence-electron chi connectivity index (χ1n) is 8.56. The number of rotatable bonds is 5. The summed E-state index contributed by atoms with van der Waals surface area (Å²) >= 11 is 3.35. The molecule has 9 heteroatoms. The van der Waals surface area contributed by atoms with Crippen molar-refractivity contribution in [3.63, 3.8) is 0 Å². The van der Waals surface area contributed by atoms with E-state index in [-0.39, 0.29) is 17.0 Å². The third-order valence-electron chi connectivity index (χ3n) is 4.44. The predicted octanol–water partition coefficient (Wildman–Crippen LogP) is 4.17. The third-order valence-corrected chi connectivity index (χ3v) is 4.93. The SMILES string of the molecule is CC[C@H](C)c1nc2ccc(Br)cc2c(=O)n1N=Cc1cccc([N+](=O)[O-])c1O. The summed E-state index contributed by atoms with van der Waals surface area (Å²) in [5.41, 5.74) is -0.0968. The first-order chi connectivity index (χ1) is 13.3. The summed E-state index contributed by atoms with van der Waals surface area (Å²) in [7, 11) is 0. The molecule has 0 aliphatic carbocycles. The summed E-state index contributed by atoms with van der Waals surface area (Å²) in [5, 5.41) is 25.7. The fourth-order valence-corrected chi connectivity index (χ4v) is 3.06. The van der Waals surface area contributed by atoms with Crippen molar-refractivity contribution in [3.8, 4) is 5.75 Å². The molecule has 0 radical (unpaired) electrons. The van der Waals surface area contributed by atoms with Gasteiger partial charge in [-0.05, 0) is 30.7 Å². The van der Waals surface area contributed by atoms with Gasteiger partial charge in [-0.3, -0.25) is 14.9 Å². The highest BCUT2D eigenvalue weighted by Gasteiger charge is 2.17. The molecule has 1 N–H and O–H groups in total. The average molecular weight is 445 g/mol. The minimum atomic E-state index is -0.682. The van der Waals surface area contributed by atoms with E-state index in [9.17, 15) is 20.0 Å². The second-order valence-electron chi connectivity index (χ2n) is 6.27. The number of aromatic nitrogens is 2. The Morgan fingerprint density at radius 3 is 2.82 bits per heavy atom. The van der Waals surface area contributed by atoms with Crippen molar-refractivity contribution in [1.29, 1.82) is 0 Å². The van der Waals surface area contributed by atoms with E-state index in [0.717, 1.165) is 10.9 Å². The van der Waals surface area contributed by atoms with Crippen LogP contribution in [0.3, 0.4) is 0 Å². The van der Waals surface area contributed by atoms with Crippen LogP contribution in [0.25, 0.3) is 10.9 Å². The third kappa shape index (κ3) is 3.65. The van der Waals surface area contributed by atoms with Crippen molar-refractivity contribution in [2.45, 2.75) is 26.2 Å². The Labute approximate surface area is 168 Å². The summed E-state index contributed by atoms with van der Waals surface area (Å²) in [5.74, 6) is -0.0778. The van der Waals surface area contributed by atoms with Crippen LogP contribution in [0.15, 0.2) is 50.8 Å². The van der Waals surface area contributed by atoms with Crippen LogP contribution < -0.4 is 5.56 Å². The molecule has 1 heterocycles. The Morgan fingerprint density at radius 1 is 1.39 bits per heavy atom. The fourth-order valence-electron chi connectivity index (χ4n) is 2.70. The van der Waals surface area contributed by atoms with Gasteiger partial charge in [-0.15, -0.1) is 0 Å². The van der Waals surface area contributed by atoms with Gasteiger partial charge in [0.15, 0.2) is 0 Å². The summed E-state index contributed by atoms with van der Waals surface area (Å²) in [6, 6.07) is 9.34. The van der Waals surface area contributed by atoms with E-state index >= 15 is 0 Å². The Morgan fingerprint density at radius 2 is 2.14 bits per heavy atom. The highest BCUT2D eigenvalue weighted by molar-refractivity contribution is 9.10. The van der Waals surface area contributed by atoms with Crippen LogP contribution in [-0.2, 0) is 0 Å². The first-order valence-corrected chi connectivity index (χ1v) is 9.35. The number of hydrogen-bond acceptors (Lipinski definition) is 6. The molecule has 0 fully saturated rings. The van der Waals surface area contributed by atoms with Gasteiger partial charge >= 0.3 is 5.69 Å². The standard InChI is InChI=1S/C19H17BrN4O4/c1-3-11(2)18-22-15-8-7-13(20)9-14(15)19(26)23(18)21-10-12-5-4-6-16(17(12)25)24(27)28/h4-11,25H,3H2,1-2H3/t11-/m0/s1. The zero-order valence-corrected chi connectivity index (χ0v) is 16.8. The normalized spacial score (nSPS) is 12.5. The van der Waals surface area contributed by atoms with E-state index in [0.29, 0.717) is 16.7 Å². The van der Waals surface area contributed by atoms with Gasteiger partial charge in [0.25, 0.3) is 5.56 Å². The van der Waals surface area contributed by atoms with Crippen LogP contribution in [0.2, 0.25) is 0 Å². The number of aromatic hydroxyl groups is 1. The molecule has 2 aromatic carbocycles. The van der Waals surface area contributed by atoms with Gasteiger partial charge in [0, 0.05) is 22.0 Å². The maximum absolute atomic E-state index is 13.0. The van der Waals surface area contributed by atoms with Gasteiger partial charge in [-0.25, -0.2) is 4.98 Å². The van der Waals surface area contributed by atoms with Gasteiger partial charge < -0.3 is 5.11 Å². The van der Waals surface area contributed by atoms with E-state index in [1.165, 1.54) is 29.1 Å². The number of fused-ring (bicyclic) bond motifs is 1. The highest BCUT2D eigenvalue weighted by Crippen LogP contribution is 2.28. The van der Waals surface area contributed by atoms with Crippen LogP contribution >= 0.6 is 15.9 Å². The Kier molecular flexibility index (Phi) is 5.55. The average Bonchev–Trinajstić information content (AvgIpc) is 2.67. The van der Waals surface area contributed by atoms with Crippen LogP contribution in [0, 0.1) is 10.1 Å². The molecule has 0 bridgehead atoms. The van der Waals surface area contributed by atoms with E-state index in [2.05, 4.69) is 26.0 Å². The largest absolute Gasteiger partial charge is 0.502 e. The zero-order valence-electron chi connectivity index (χ0n) is 15.2. The van der Waals surface area contributed by atoms with E-state index < -0.39 is 16.4 Å². The van der Waals surface area contributed by atoms with Gasteiger partial charge in [0.2, 0.25) is 5.75 Å². The number of halogens is 1. The van der Waals surface area contributed by atoms with E-state index in [4.69, 9.17) is 0 Å². The summed E-state index contributed by atoms with van der Waals surface area (Å²) in [6.45, 7) is 3.91. The number of nitro groups is 1. The number of hydrogen-bond donors (Lipinski definition) is 1. The number of phenols is 1. The van der Waals surface area contributed by atoms with Crippen molar-refractivity contribution in [2.24, 2.45) is 5.10 Å². The first kappa shape index (κ1) is 19.7. The van der Waals surface area contributed by atoms with Crippen molar-refractivity contribution in [2.75, 3.05) is 0 Å². The van der Waals surface area contributed by atoms with Crippen LogP contribution in [0.4, 0.5) is 5.69 Å². The molecule has 0 unspecified atom stereocenters. The van der Waals surface area contributed by atoms with Gasteiger partial charge in [0.05, 0.1) is 22.0 Å². The molecule has 8 nitrogen and oxygen atoms in total. The maximum atomic E-state index is 13.0. The van der Waals surface area contributed by atoms with Crippen molar-refractivity contribution >= 4 is 38.7 Å². The second-order valence-corrected chi connectivity index (χ2v) is 7.19. The van der Waals surface area contributed by atoms with Gasteiger partial charge in [0.1, 0.15) is 5.82 Å². The smallest absolute Gasteiger partial charge is 0.311 e. The minimum absolute atomic E-state index is 0.0448. The molecule has 144 valence electrons. The Hall–Kier alpha value is -3.07. The molecular weight excluding hydrogens is 428 g/mol. The molecule has 0 spiro atoms. The molecule has 0 saturated carbocycles. The lowest BCUT2D eigenvalue weighted by molar-refractivity contribution is -0.385. The lowest BCUT2D eigenvalue weighted by atomic mass is 10.1. The maximum Gasteiger partial charge on any atom is 0.311 e. The van der Waals surface area contributed by atoms with Gasteiger partial charge in [-0.2, -0.15) is 9.78 Å². The van der Waals surface area contributed by atoms with E-state index in [1.54, 1.807) is 12.1 Å². The molecule has 0 amide bonds. The Balaban J connectivity index is 2.21. The van der Waals surface area contributed by atoms with E-state index in [1.807, 2.05) is 19.9 Å². The fraction of sp³-hybridized carbons (Fsp3) is 0.211. The molecule has 28 heavy (non-hydrogen) atoms. The molecule has 3 aromatic rings. The van der Waals surface area contributed by atoms with Gasteiger partial charge in [-0.1, -0.05) is 35.8 Å². The zero-order chi connectivity index (χ0) is 20.4. The van der Waals surface area contributed by atoms with Crippen molar-refractivity contribution in [1.82, 2.24) is 9.66 Å². The van der Waals surface area contributed by atoms with Crippen molar-refractivity contribution in [3.05, 3.63) is 72.7 Å². The van der Waals surface area contributed by atoms with Crippen LogP contribution in [-0.4, -0.2) is 25.9 Å². The quantitative estimate of drug-likeness (QED) is 0.360. The topological polar surface area (TPSA) is 111 Å². The molecule has 1 aromatic heterocycles. The molecule has 3 rings (SSSR count). The van der Waals surface area contributed by atoms with Crippen molar-refractivity contribution < 1.29 is 10.0 Å². The van der Waals surface area contributed by atoms with Crippen LogP contribution in [0.1, 0.15) is 37.6 Å². The number of nitrogens with zero attached hydrogens (tertiary/aromatic N) is 4. The molecule has 0 saturated heterocycles. The molecule has 0 aliphatic heterocycles. The number of nitro benzene ring substituents is 1. The minimum Gasteiger partial charge on any atom is -0.502 e. The summed E-state index contributed by atoms with van der Waals surface area (Å²) < 4.78 is 1.92. The highest BCUT2D eigenvalue weighted by atomic mass is 79.9.